The lowest BCUT2D eigenvalue weighted by molar-refractivity contribution is -0.117. The van der Waals surface area contributed by atoms with E-state index in [2.05, 4.69) is 15.2 Å². The number of hydrogen-bond acceptors (Lipinski definition) is 5. The number of aryl methyl sites for hydroxylation is 1. The Morgan fingerprint density at radius 2 is 2.23 bits per heavy atom. The van der Waals surface area contributed by atoms with Crippen LogP contribution in [0.3, 0.4) is 0 Å². The van der Waals surface area contributed by atoms with Gasteiger partial charge in [0.1, 0.15) is 5.75 Å². The smallest absolute Gasteiger partial charge is 0.240 e. The molecule has 0 aliphatic carbocycles. The minimum absolute atomic E-state index is 0.0278. The topological polar surface area (TPSA) is 65.5 Å². The zero-order valence-electron chi connectivity index (χ0n) is 12.5. The predicted octanol–water partition coefficient (Wildman–Crippen LogP) is 2.93. The Balaban J connectivity index is 1.63. The summed E-state index contributed by atoms with van der Waals surface area (Å²) in [5.41, 5.74) is 2.07. The lowest BCUT2D eigenvalue weighted by Crippen LogP contribution is -2.32. The SMILES string of the molecule is Cc1csc(NC(=O)CN2CCC[C@@H]2c2ccc(O)cc2)n1. The number of aromatic hydroxyl groups is 1. The molecule has 0 bridgehead atoms. The molecular weight excluding hydrogens is 298 g/mol. The van der Waals surface area contributed by atoms with Crippen LogP contribution in [0.2, 0.25) is 0 Å². The van der Waals surface area contributed by atoms with Gasteiger partial charge in [0.2, 0.25) is 5.91 Å². The summed E-state index contributed by atoms with van der Waals surface area (Å²) in [6, 6.07) is 7.50. The summed E-state index contributed by atoms with van der Waals surface area (Å²) in [4.78, 5) is 18.6. The Morgan fingerprint density at radius 1 is 1.45 bits per heavy atom. The molecule has 0 unspecified atom stereocenters. The predicted molar refractivity (Wildman–Crippen MR) is 87.1 cm³/mol. The normalized spacial score (nSPS) is 18.5. The maximum atomic E-state index is 12.2. The highest BCUT2D eigenvalue weighted by Gasteiger charge is 2.27. The van der Waals surface area contributed by atoms with Gasteiger partial charge < -0.3 is 10.4 Å². The number of phenols is 1. The summed E-state index contributed by atoms with van der Waals surface area (Å²) in [5.74, 6) is 0.241. The molecule has 5 nitrogen and oxygen atoms in total. The number of anilines is 1. The van der Waals surface area contributed by atoms with Crippen LogP contribution in [0, 0.1) is 6.92 Å². The van der Waals surface area contributed by atoms with Gasteiger partial charge in [0, 0.05) is 11.4 Å². The molecule has 6 heteroatoms. The van der Waals surface area contributed by atoms with Crippen molar-refractivity contribution in [2.75, 3.05) is 18.4 Å². The quantitative estimate of drug-likeness (QED) is 0.910. The van der Waals surface area contributed by atoms with Crippen LogP contribution in [0.1, 0.15) is 30.1 Å². The largest absolute Gasteiger partial charge is 0.508 e. The third-order valence-corrected chi connectivity index (χ3v) is 4.73. The van der Waals surface area contributed by atoms with Crippen LogP contribution in [0.5, 0.6) is 5.75 Å². The molecule has 1 atom stereocenters. The number of likely N-dealkylation sites (tertiary alicyclic amines) is 1. The Bertz CT molecular complexity index is 654. The molecule has 0 radical (unpaired) electrons. The van der Waals surface area contributed by atoms with Crippen LogP contribution in [0.25, 0.3) is 0 Å². The van der Waals surface area contributed by atoms with Crippen LogP contribution in [0.4, 0.5) is 5.13 Å². The summed E-state index contributed by atoms with van der Waals surface area (Å²) in [5, 5.41) is 14.8. The van der Waals surface area contributed by atoms with Gasteiger partial charge in [-0.2, -0.15) is 0 Å². The Labute approximate surface area is 133 Å². The fraction of sp³-hybridized carbons (Fsp3) is 0.375. The number of hydrogen-bond donors (Lipinski definition) is 2. The van der Waals surface area contributed by atoms with E-state index in [1.165, 1.54) is 11.3 Å². The molecule has 22 heavy (non-hydrogen) atoms. The van der Waals surface area contributed by atoms with Gasteiger partial charge in [-0.3, -0.25) is 9.69 Å². The summed E-state index contributed by atoms with van der Waals surface area (Å²) in [6.45, 7) is 3.19. The Hall–Kier alpha value is -1.92. The van der Waals surface area contributed by atoms with Crippen molar-refractivity contribution in [2.45, 2.75) is 25.8 Å². The van der Waals surface area contributed by atoms with E-state index in [1.54, 1.807) is 12.1 Å². The molecule has 1 aromatic heterocycles. The maximum Gasteiger partial charge on any atom is 0.240 e. The Morgan fingerprint density at radius 3 is 2.91 bits per heavy atom. The lowest BCUT2D eigenvalue weighted by atomic mass is 10.0. The fourth-order valence-electron chi connectivity index (χ4n) is 2.84. The number of nitrogens with zero attached hydrogens (tertiary/aromatic N) is 2. The van der Waals surface area contributed by atoms with Gasteiger partial charge in [0.25, 0.3) is 0 Å². The molecule has 0 spiro atoms. The third-order valence-electron chi connectivity index (χ3n) is 3.85. The highest BCUT2D eigenvalue weighted by molar-refractivity contribution is 7.13. The van der Waals surface area contributed by atoms with E-state index in [0.717, 1.165) is 30.6 Å². The van der Waals surface area contributed by atoms with E-state index in [9.17, 15) is 9.90 Å². The molecule has 1 saturated heterocycles. The van der Waals surface area contributed by atoms with Gasteiger partial charge in [-0.1, -0.05) is 12.1 Å². The van der Waals surface area contributed by atoms with Gasteiger partial charge >= 0.3 is 0 Å². The molecule has 2 heterocycles. The van der Waals surface area contributed by atoms with E-state index in [-0.39, 0.29) is 17.7 Å². The summed E-state index contributed by atoms with van der Waals surface area (Å²) >= 11 is 1.45. The van der Waals surface area contributed by atoms with Crippen molar-refractivity contribution < 1.29 is 9.90 Å². The number of nitrogens with one attached hydrogen (secondary N) is 1. The van der Waals surface area contributed by atoms with E-state index in [1.807, 2.05) is 24.4 Å². The van der Waals surface area contributed by atoms with Gasteiger partial charge in [-0.15, -0.1) is 11.3 Å². The summed E-state index contributed by atoms with van der Waals surface area (Å²) in [7, 11) is 0. The molecular formula is C16H19N3O2S. The van der Waals surface area contributed by atoms with Gasteiger partial charge in [0.05, 0.1) is 12.2 Å². The van der Waals surface area contributed by atoms with Crippen molar-refractivity contribution in [3.8, 4) is 5.75 Å². The van der Waals surface area contributed by atoms with Crippen molar-refractivity contribution in [2.24, 2.45) is 0 Å². The third kappa shape index (κ3) is 3.45. The zero-order valence-corrected chi connectivity index (χ0v) is 13.3. The van der Waals surface area contributed by atoms with Crippen molar-refractivity contribution in [3.63, 3.8) is 0 Å². The molecule has 2 N–H and O–H groups in total. The first-order chi connectivity index (χ1) is 10.6. The zero-order chi connectivity index (χ0) is 15.5. The minimum Gasteiger partial charge on any atom is -0.508 e. The second kappa shape index (κ2) is 6.46. The first kappa shape index (κ1) is 15.0. The minimum atomic E-state index is -0.0278. The van der Waals surface area contributed by atoms with E-state index in [0.29, 0.717) is 11.7 Å². The van der Waals surface area contributed by atoms with Crippen LogP contribution < -0.4 is 5.32 Å². The fourth-order valence-corrected chi connectivity index (χ4v) is 3.55. The number of rotatable bonds is 4. The summed E-state index contributed by atoms with van der Waals surface area (Å²) < 4.78 is 0. The number of carbonyl (C=O) groups is 1. The Kier molecular flexibility index (Phi) is 4.40. The van der Waals surface area contributed by atoms with Crippen LogP contribution in [0.15, 0.2) is 29.6 Å². The molecule has 2 aromatic rings. The first-order valence-corrected chi connectivity index (χ1v) is 8.25. The van der Waals surface area contributed by atoms with E-state index >= 15 is 0 Å². The monoisotopic (exact) mass is 317 g/mol. The van der Waals surface area contributed by atoms with Crippen molar-refractivity contribution in [1.29, 1.82) is 0 Å². The summed E-state index contributed by atoms with van der Waals surface area (Å²) in [6.07, 6.45) is 2.11. The van der Waals surface area contributed by atoms with Crippen molar-refractivity contribution in [3.05, 3.63) is 40.9 Å². The number of phenolic OH excluding ortho intramolecular Hbond substituents is 1. The van der Waals surface area contributed by atoms with Crippen LogP contribution in [-0.4, -0.2) is 34.0 Å². The standard InChI is InChI=1S/C16H19N3O2S/c1-11-10-22-16(17-11)18-15(21)9-19-8-2-3-14(19)12-4-6-13(20)7-5-12/h4-7,10,14,20H,2-3,8-9H2,1H3,(H,17,18,21)/t14-/m1/s1. The highest BCUT2D eigenvalue weighted by atomic mass is 32.1. The van der Waals surface area contributed by atoms with E-state index in [4.69, 9.17) is 0 Å². The van der Waals surface area contributed by atoms with Gasteiger partial charge in [-0.05, 0) is 44.0 Å². The average Bonchev–Trinajstić information content (AvgIpc) is 3.09. The first-order valence-electron chi connectivity index (χ1n) is 7.37. The highest BCUT2D eigenvalue weighted by Crippen LogP contribution is 2.32. The number of amides is 1. The van der Waals surface area contributed by atoms with Crippen molar-refractivity contribution >= 4 is 22.4 Å². The molecule has 1 aliphatic rings. The molecule has 1 amide bonds. The molecule has 0 saturated carbocycles. The second-order valence-electron chi connectivity index (χ2n) is 5.56. The van der Waals surface area contributed by atoms with Crippen LogP contribution in [-0.2, 0) is 4.79 Å². The van der Waals surface area contributed by atoms with E-state index < -0.39 is 0 Å². The molecule has 116 valence electrons. The maximum absolute atomic E-state index is 12.2. The molecule has 1 aliphatic heterocycles. The number of benzene rings is 1. The van der Waals surface area contributed by atoms with Gasteiger partial charge in [-0.25, -0.2) is 4.98 Å². The second-order valence-corrected chi connectivity index (χ2v) is 6.42. The van der Waals surface area contributed by atoms with Crippen molar-refractivity contribution in [1.82, 2.24) is 9.88 Å². The van der Waals surface area contributed by atoms with Crippen LogP contribution >= 0.6 is 11.3 Å². The number of aromatic nitrogens is 1. The number of thiazole rings is 1. The number of carbonyl (C=O) groups excluding carboxylic acids is 1. The van der Waals surface area contributed by atoms with Gasteiger partial charge in [0.15, 0.2) is 5.13 Å². The lowest BCUT2D eigenvalue weighted by Gasteiger charge is -2.24. The molecule has 3 rings (SSSR count). The molecule has 1 fully saturated rings. The molecule has 1 aromatic carbocycles. The average molecular weight is 317 g/mol.